The van der Waals surface area contributed by atoms with Crippen LogP contribution in [0.2, 0.25) is 0 Å². The smallest absolute Gasteiger partial charge is 0.287 e. The van der Waals surface area contributed by atoms with Gasteiger partial charge in [-0.1, -0.05) is 0 Å². The normalized spacial score (nSPS) is 38.5. The Morgan fingerprint density at radius 2 is 1.81 bits per heavy atom. The fourth-order valence-corrected chi connectivity index (χ4v) is 5.73. The standard InChI is InChI=1S/C18H25NO2/c1-11-3-4-21-16(11)17(20)19-12(2)18-8-13-5-14(9-18)7-15(6-13)10-18/h3-4,12-15H,5-10H2,1-2H3,(H,19,20). The van der Waals surface area contributed by atoms with Gasteiger partial charge in [0.15, 0.2) is 5.76 Å². The molecule has 1 atom stereocenters. The lowest BCUT2D eigenvalue weighted by Crippen LogP contribution is -2.55. The van der Waals surface area contributed by atoms with Crippen LogP contribution in [0.1, 0.15) is 61.6 Å². The number of nitrogens with one attached hydrogen (secondary N) is 1. The number of carbonyl (C=O) groups excluding carboxylic acids is 1. The molecule has 1 heterocycles. The van der Waals surface area contributed by atoms with Gasteiger partial charge in [-0.15, -0.1) is 0 Å². The highest BCUT2D eigenvalue weighted by Gasteiger charge is 2.53. The topological polar surface area (TPSA) is 42.2 Å². The lowest BCUT2D eigenvalue weighted by molar-refractivity contribution is -0.0688. The maximum Gasteiger partial charge on any atom is 0.287 e. The molecule has 1 aromatic rings. The van der Waals surface area contributed by atoms with Gasteiger partial charge in [-0.2, -0.15) is 0 Å². The van der Waals surface area contributed by atoms with E-state index in [9.17, 15) is 4.79 Å². The molecule has 0 aromatic carbocycles. The summed E-state index contributed by atoms with van der Waals surface area (Å²) >= 11 is 0. The van der Waals surface area contributed by atoms with Crippen molar-refractivity contribution in [2.75, 3.05) is 0 Å². The van der Waals surface area contributed by atoms with Crippen molar-refractivity contribution >= 4 is 5.91 Å². The van der Waals surface area contributed by atoms with E-state index < -0.39 is 0 Å². The minimum atomic E-state index is -0.0410. The van der Waals surface area contributed by atoms with Crippen molar-refractivity contribution in [1.82, 2.24) is 5.32 Å². The number of amides is 1. The Kier molecular flexibility index (Phi) is 2.95. The van der Waals surface area contributed by atoms with Crippen LogP contribution >= 0.6 is 0 Å². The molecule has 5 rings (SSSR count). The van der Waals surface area contributed by atoms with E-state index in [0.29, 0.717) is 11.2 Å². The van der Waals surface area contributed by atoms with Crippen LogP contribution in [0.15, 0.2) is 16.7 Å². The first-order valence-electron chi connectivity index (χ1n) is 8.41. The first-order valence-corrected chi connectivity index (χ1v) is 8.41. The van der Waals surface area contributed by atoms with E-state index in [1.165, 1.54) is 38.5 Å². The van der Waals surface area contributed by atoms with Crippen LogP contribution in [0, 0.1) is 30.1 Å². The summed E-state index contributed by atoms with van der Waals surface area (Å²) in [6.07, 6.45) is 9.87. The highest BCUT2D eigenvalue weighted by molar-refractivity contribution is 5.93. The largest absolute Gasteiger partial charge is 0.459 e. The van der Waals surface area contributed by atoms with Crippen LogP contribution in [0.25, 0.3) is 0 Å². The molecule has 3 heteroatoms. The zero-order valence-electron chi connectivity index (χ0n) is 13.0. The Labute approximate surface area is 126 Å². The Hall–Kier alpha value is -1.25. The SMILES string of the molecule is Cc1ccoc1C(=O)NC(C)C12CC3CC(CC(C3)C1)C2. The number of carbonyl (C=O) groups is 1. The summed E-state index contributed by atoms with van der Waals surface area (Å²) in [5.41, 5.74) is 1.27. The van der Waals surface area contributed by atoms with E-state index in [1.54, 1.807) is 6.26 Å². The van der Waals surface area contributed by atoms with Crippen molar-refractivity contribution in [2.24, 2.45) is 23.2 Å². The van der Waals surface area contributed by atoms with Crippen LogP contribution in [-0.4, -0.2) is 11.9 Å². The van der Waals surface area contributed by atoms with Crippen LogP contribution in [-0.2, 0) is 0 Å². The van der Waals surface area contributed by atoms with Gasteiger partial charge in [-0.25, -0.2) is 0 Å². The number of aryl methyl sites for hydroxylation is 1. The maximum atomic E-state index is 12.4. The lowest BCUT2D eigenvalue weighted by atomic mass is 9.48. The molecule has 0 radical (unpaired) electrons. The zero-order chi connectivity index (χ0) is 14.6. The fraction of sp³-hybridized carbons (Fsp3) is 0.722. The minimum absolute atomic E-state index is 0.0410. The molecule has 1 unspecified atom stereocenters. The molecule has 3 nitrogen and oxygen atoms in total. The van der Waals surface area contributed by atoms with Gasteiger partial charge < -0.3 is 9.73 Å². The third-order valence-electron chi connectivity index (χ3n) is 6.42. The summed E-state index contributed by atoms with van der Waals surface area (Å²) in [5.74, 6) is 3.19. The second kappa shape index (κ2) is 4.62. The lowest BCUT2D eigenvalue weighted by Gasteiger charge is -2.59. The third kappa shape index (κ3) is 2.13. The van der Waals surface area contributed by atoms with E-state index in [0.717, 1.165) is 23.3 Å². The van der Waals surface area contributed by atoms with E-state index >= 15 is 0 Å². The molecular weight excluding hydrogens is 262 g/mol. The fourth-order valence-electron chi connectivity index (χ4n) is 5.73. The maximum absolute atomic E-state index is 12.4. The van der Waals surface area contributed by atoms with Crippen molar-refractivity contribution in [3.63, 3.8) is 0 Å². The van der Waals surface area contributed by atoms with Gasteiger partial charge in [0.1, 0.15) is 0 Å². The summed E-state index contributed by atoms with van der Waals surface area (Å²) in [6, 6.07) is 2.10. The molecule has 1 N–H and O–H groups in total. The molecule has 1 aromatic heterocycles. The molecule has 4 bridgehead atoms. The highest BCUT2D eigenvalue weighted by Crippen LogP contribution is 2.61. The summed E-state index contributed by atoms with van der Waals surface area (Å²) in [4.78, 5) is 12.4. The Morgan fingerprint density at radius 3 is 2.29 bits per heavy atom. The second-order valence-electron chi connectivity index (χ2n) is 7.91. The summed E-state index contributed by atoms with van der Waals surface area (Å²) < 4.78 is 5.33. The van der Waals surface area contributed by atoms with Crippen molar-refractivity contribution in [3.05, 3.63) is 23.7 Å². The van der Waals surface area contributed by atoms with Crippen molar-refractivity contribution in [2.45, 2.75) is 58.4 Å². The van der Waals surface area contributed by atoms with Crippen LogP contribution in [0.4, 0.5) is 0 Å². The third-order valence-corrected chi connectivity index (χ3v) is 6.42. The van der Waals surface area contributed by atoms with Gasteiger partial charge in [0.05, 0.1) is 6.26 Å². The number of furan rings is 1. The molecular formula is C18H25NO2. The molecule has 1 amide bonds. The molecule has 0 spiro atoms. The molecule has 4 aliphatic rings. The van der Waals surface area contributed by atoms with Gasteiger partial charge in [-0.05, 0) is 81.6 Å². The average molecular weight is 287 g/mol. The highest BCUT2D eigenvalue weighted by atomic mass is 16.3. The minimum Gasteiger partial charge on any atom is -0.459 e. The molecule has 4 aliphatic carbocycles. The molecule has 21 heavy (non-hydrogen) atoms. The monoisotopic (exact) mass is 287 g/mol. The summed E-state index contributed by atoms with van der Waals surface area (Å²) in [5, 5.41) is 3.25. The van der Waals surface area contributed by atoms with E-state index in [-0.39, 0.29) is 11.9 Å². The van der Waals surface area contributed by atoms with Gasteiger partial charge in [0.25, 0.3) is 5.91 Å². The average Bonchev–Trinajstić information content (AvgIpc) is 2.83. The Bertz CT molecular complexity index is 524. The van der Waals surface area contributed by atoms with Crippen molar-refractivity contribution in [1.29, 1.82) is 0 Å². The number of hydrogen-bond donors (Lipinski definition) is 1. The van der Waals surface area contributed by atoms with Gasteiger partial charge >= 0.3 is 0 Å². The van der Waals surface area contributed by atoms with Crippen LogP contribution in [0.5, 0.6) is 0 Å². The summed E-state index contributed by atoms with van der Waals surface area (Å²) in [7, 11) is 0. The van der Waals surface area contributed by atoms with Gasteiger partial charge in [0, 0.05) is 11.6 Å². The van der Waals surface area contributed by atoms with Gasteiger partial charge in [-0.3, -0.25) is 4.79 Å². The van der Waals surface area contributed by atoms with Crippen LogP contribution < -0.4 is 5.32 Å². The zero-order valence-corrected chi connectivity index (χ0v) is 13.0. The van der Waals surface area contributed by atoms with Crippen molar-refractivity contribution < 1.29 is 9.21 Å². The van der Waals surface area contributed by atoms with Crippen LogP contribution in [0.3, 0.4) is 0 Å². The quantitative estimate of drug-likeness (QED) is 0.915. The molecule has 114 valence electrons. The van der Waals surface area contributed by atoms with Crippen molar-refractivity contribution in [3.8, 4) is 0 Å². The first kappa shape index (κ1) is 13.4. The first-order chi connectivity index (χ1) is 10.1. The van der Waals surface area contributed by atoms with Gasteiger partial charge in [0.2, 0.25) is 0 Å². The number of rotatable bonds is 3. The Morgan fingerprint density at radius 1 is 1.24 bits per heavy atom. The number of hydrogen-bond acceptors (Lipinski definition) is 2. The predicted molar refractivity (Wildman–Crippen MR) is 81.0 cm³/mol. The molecule has 4 saturated carbocycles. The molecule has 0 saturated heterocycles. The summed E-state index contributed by atoms with van der Waals surface area (Å²) in [6.45, 7) is 4.14. The molecule has 4 fully saturated rings. The Balaban J connectivity index is 1.51. The van der Waals surface area contributed by atoms with E-state index in [1.807, 2.05) is 13.0 Å². The van der Waals surface area contributed by atoms with E-state index in [2.05, 4.69) is 12.2 Å². The predicted octanol–water partition coefficient (Wildman–Crippen LogP) is 3.92. The second-order valence-corrected chi connectivity index (χ2v) is 7.91. The van der Waals surface area contributed by atoms with E-state index in [4.69, 9.17) is 4.42 Å². The molecule has 0 aliphatic heterocycles.